The second kappa shape index (κ2) is 16.1. The number of hydrogen-bond donors (Lipinski definition) is 0. The van der Waals surface area contributed by atoms with Crippen LogP contribution in [0.1, 0.15) is 135 Å². The molecule has 1 heteroatoms. The van der Waals surface area contributed by atoms with Crippen molar-refractivity contribution < 1.29 is 0 Å². The van der Waals surface area contributed by atoms with Crippen LogP contribution < -0.4 is 0 Å². The molecule has 0 N–H and O–H groups in total. The highest BCUT2D eigenvalue weighted by molar-refractivity contribution is 5.17. The summed E-state index contributed by atoms with van der Waals surface area (Å²) in [6, 6.07) is 10.9. The Hall–Kier alpha value is -1.08. The first-order chi connectivity index (χ1) is 18.2. The third-order valence-electron chi connectivity index (χ3n) is 10.6. The van der Waals surface area contributed by atoms with E-state index in [2.05, 4.69) is 55.2 Å². The average Bonchev–Trinajstić information content (AvgIpc) is 2.96. The summed E-state index contributed by atoms with van der Waals surface area (Å²) in [5.41, 5.74) is 3.22. The first-order valence-corrected chi connectivity index (χ1v) is 16.7. The summed E-state index contributed by atoms with van der Waals surface area (Å²) in [6.07, 6.45) is 29.4. The Kier molecular flexibility index (Phi) is 12.6. The molecule has 208 valence electrons. The van der Waals surface area contributed by atoms with Crippen molar-refractivity contribution in [3.8, 4) is 0 Å². The van der Waals surface area contributed by atoms with Gasteiger partial charge in [0.1, 0.15) is 0 Å². The molecule has 0 bridgehead atoms. The molecule has 5 rings (SSSR count). The van der Waals surface area contributed by atoms with Crippen LogP contribution in [0.2, 0.25) is 0 Å². The molecule has 0 unspecified atom stereocenters. The van der Waals surface area contributed by atoms with Crippen molar-refractivity contribution in [3.05, 3.63) is 47.5 Å². The standard InChI is InChI=1S/C21H31N.C15H28/c1-2-6-18-9-11-20(12-10-18)21-13-15-22(16-14-21)17-19-7-4-3-5-8-19;1-2-6-13-9-11-15(12-10-13)14-7-4-3-5-8-14/h3-5,7-8,13,18,20H,2,6,9-12,14-17H2,1H3;13-15H,2-12H2,1H3. The van der Waals surface area contributed by atoms with Crippen LogP contribution in [-0.4, -0.2) is 18.0 Å². The lowest BCUT2D eigenvalue weighted by molar-refractivity contribution is 0.163. The molecular formula is C36H59N. The smallest absolute Gasteiger partial charge is 0.0237 e. The molecule has 0 atom stereocenters. The lowest BCUT2D eigenvalue weighted by atomic mass is 9.70. The molecule has 3 aliphatic carbocycles. The van der Waals surface area contributed by atoms with Gasteiger partial charge in [-0.25, -0.2) is 0 Å². The van der Waals surface area contributed by atoms with Crippen LogP contribution in [0.3, 0.4) is 0 Å². The molecule has 0 radical (unpaired) electrons. The summed E-state index contributed by atoms with van der Waals surface area (Å²) in [7, 11) is 0. The van der Waals surface area contributed by atoms with Gasteiger partial charge < -0.3 is 0 Å². The minimum Gasteiger partial charge on any atom is -0.295 e. The largest absolute Gasteiger partial charge is 0.295 e. The fourth-order valence-electron chi connectivity index (χ4n) is 8.28. The van der Waals surface area contributed by atoms with Gasteiger partial charge in [0.2, 0.25) is 0 Å². The second-order valence-corrected chi connectivity index (χ2v) is 13.2. The maximum atomic E-state index is 2.58. The van der Waals surface area contributed by atoms with Crippen LogP contribution in [0.4, 0.5) is 0 Å². The molecule has 0 amide bonds. The summed E-state index contributed by atoms with van der Waals surface area (Å²) < 4.78 is 0. The lowest BCUT2D eigenvalue weighted by Crippen LogP contribution is -2.30. The quantitative estimate of drug-likeness (QED) is 0.317. The number of benzene rings is 1. The lowest BCUT2D eigenvalue weighted by Gasteiger charge is -2.35. The Morgan fingerprint density at radius 3 is 1.84 bits per heavy atom. The van der Waals surface area contributed by atoms with E-state index in [0.717, 1.165) is 42.7 Å². The number of rotatable bonds is 8. The SMILES string of the molecule is CCCC1CCC(C2=CCN(Cc3ccccc3)CC2)CC1.CCCC1CCC(C2CCCCC2)CC1. The van der Waals surface area contributed by atoms with Gasteiger partial charge in [-0.05, 0) is 80.1 Å². The maximum Gasteiger partial charge on any atom is 0.0237 e. The van der Waals surface area contributed by atoms with Crippen LogP contribution >= 0.6 is 0 Å². The molecule has 37 heavy (non-hydrogen) atoms. The fraction of sp³-hybridized carbons (Fsp3) is 0.778. The summed E-state index contributed by atoms with van der Waals surface area (Å²) in [6.45, 7) is 8.17. The number of nitrogens with zero attached hydrogens (tertiary/aromatic N) is 1. The molecule has 0 spiro atoms. The van der Waals surface area contributed by atoms with Crippen LogP contribution in [0.15, 0.2) is 42.0 Å². The molecule has 1 heterocycles. The van der Waals surface area contributed by atoms with Crippen molar-refractivity contribution >= 4 is 0 Å². The first kappa shape index (κ1) is 28.9. The zero-order chi connectivity index (χ0) is 25.7. The average molecular weight is 506 g/mol. The number of hydrogen-bond acceptors (Lipinski definition) is 1. The Bertz CT molecular complexity index is 744. The molecule has 1 aromatic rings. The summed E-state index contributed by atoms with van der Waals surface area (Å²) in [5, 5.41) is 0. The van der Waals surface area contributed by atoms with Crippen LogP contribution in [0, 0.1) is 29.6 Å². The normalized spacial score (nSPS) is 29.7. The minimum atomic E-state index is 0.909. The molecule has 3 saturated carbocycles. The monoisotopic (exact) mass is 505 g/mol. The van der Waals surface area contributed by atoms with Crippen molar-refractivity contribution in [3.63, 3.8) is 0 Å². The van der Waals surface area contributed by atoms with E-state index in [-0.39, 0.29) is 0 Å². The van der Waals surface area contributed by atoms with Crippen molar-refractivity contribution in [1.82, 2.24) is 4.90 Å². The van der Waals surface area contributed by atoms with E-state index in [1.807, 2.05) is 0 Å². The third-order valence-corrected chi connectivity index (χ3v) is 10.6. The molecule has 1 nitrogen and oxygen atoms in total. The van der Waals surface area contributed by atoms with Gasteiger partial charge in [0.05, 0.1) is 0 Å². The molecule has 0 aromatic heterocycles. The molecule has 1 aromatic carbocycles. The van der Waals surface area contributed by atoms with Gasteiger partial charge in [-0.1, -0.05) is 126 Å². The first-order valence-electron chi connectivity index (χ1n) is 16.7. The predicted molar refractivity (Wildman–Crippen MR) is 162 cm³/mol. The molecule has 1 aliphatic heterocycles. The molecule has 0 saturated heterocycles. The van der Waals surface area contributed by atoms with Gasteiger partial charge in [0.25, 0.3) is 0 Å². The van der Waals surface area contributed by atoms with Gasteiger partial charge in [0.15, 0.2) is 0 Å². The van der Waals surface area contributed by atoms with E-state index >= 15 is 0 Å². The molecular weight excluding hydrogens is 446 g/mol. The summed E-state index contributed by atoms with van der Waals surface area (Å²) >= 11 is 0. The van der Waals surface area contributed by atoms with E-state index in [0.29, 0.717) is 0 Å². The molecule has 4 aliphatic rings. The van der Waals surface area contributed by atoms with Crippen LogP contribution in [0.25, 0.3) is 0 Å². The Morgan fingerprint density at radius 2 is 1.27 bits per heavy atom. The van der Waals surface area contributed by atoms with Crippen molar-refractivity contribution in [2.75, 3.05) is 13.1 Å². The van der Waals surface area contributed by atoms with Gasteiger partial charge in [0, 0.05) is 19.6 Å². The van der Waals surface area contributed by atoms with Gasteiger partial charge in [-0.15, -0.1) is 0 Å². The summed E-state index contributed by atoms with van der Waals surface area (Å²) in [4.78, 5) is 2.58. The molecule has 3 fully saturated rings. The zero-order valence-corrected chi connectivity index (χ0v) is 24.6. The predicted octanol–water partition coefficient (Wildman–Crippen LogP) is 10.6. The third kappa shape index (κ3) is 9.56. The highest BCUT2D eigenvalue weighted by atomic mass is 15.1. The van der Waals surface area contributed by atoms with E-state index in [1.165, 1.54) is 89.2 Å². The van der Waals surface area contributed by atoms with Crippen molar-refractivity contribution in [1.29, 1.82) is 0 Å². The second-order valence-electron chi connectivity index (χ2n) is 13.2. The zero-order valence-electron chi connectivity index (χ0n) is 24.6. The van der Waals surface area contributed by atoms with E-state index < -0.39 is 0 Å². The topological polar surface area (TPSA) is 3.24 Å². The highest BCUT2D eigenvalue weighted by Crippen LogP contribution is 2.41. The van der Waals surface area contributed by atoms with E-state index in [4.69, 9.17) is 0 Å². The minimum absolute atomic E-state index is 0.909. The van der Waals surface area contributed by atoms with Crippen molar-refractivity contribution in [2.24, 2.45) is 29.6 Å². The highest BCUT2D eigenvalue weighted by Gasteiger charge is 2.28. The maximum absolute atomic E-state index is 2.58. The van der Waals surface area contributed by atoms with Gasteiger partial charge in [-0.2, -0.15) is 0 Å². The van der Waals surface area contributed by atoms with E-state index in [9.17, 15) is 0 Å². The van der Waals surface area contributed by atoms with Crippen LogP contribution in [0.5, 0.6) is 0 Å². The summed E-state index contributed by atoms with van der Waals surface area (Å²) in [5.74, 6) is 5.28. The van der Waals surface area contributed by atoms with E-state index in [1.54, 1.807) is 44.1 Å². The van der Waals surface area contributed by atoms with Gasteiger partial charge in [-0.3, -0.25) is 4.90 Å². The Morgan fingerprint density at radius 1 is 0.676 bits per heavy atom. The fourth-order valence-corrected chi connectivity index (χ4v) is 8.28. The van der Waals surface area contributed by atoms with Crippen LogP contribution in [-0.2, 0) is 6.54 Å². The Labute approximate surface area is 230 Å². The van der Waals surface area contributed by atoms with Gasteiger partial charge >= 0.3 is 0 Å². The Balaban J connectivity index is 0.000000186. The van der Waals surface area contributed by atoms with Crippen molar-refractivity contribution in [2.45, 2.75) is 136 Å².